The average molecular weight is 465 g/mol. The molecule has 2 atom stereocenters. The van der Waals surface area contributed by atoms with Gasteiger partial charge in [-0.2, -0.15) is 0 Å². The molecule has 1 saturated carbocycles. The van der Waals surface area contributed by atoms with Crippen LogP contribution in [-0.4, -0.2) is 10.8 Å². The van der Waals surface area contributed by atoms with E-state index in [2.05, 4.69) is 35.5 Å². The highest BCUT2D eigenvalue weighted by Crippen LogP contribution is 2.33. The molecular formula is C28H35ClN3O+. The number of carbonyl (C=O) groups excluding carboxylic acids is 1. The predicted octanol–water partition coefficient (Wildman–Crippen LogP) is 3.67. The molecule has 2 aliphatic rings. The first-order chi connectivity index (χ1) is 16.2. The number of carbonyl (C=O) groups is 1. The van der Waals surface area contributed by atoms with Crippen molar-refractivity contribution >= 4 is 23.5 Å². The van der Waals surface area contributed by atoms with Gasteiger partial charge in [-0.05, 0) is 51.0 Å². The van der Waals surface area contributed by atoms with Gasteiger partial charge in [-0.25, -0.2) is 4.99 Å². The maximum absolute atomic E-state index is 12.5. The minimum absolute atomic E-state index is 0.242. The maximum atomic E-state index is 12.5. The summed E-state index contributed by atoms with van der Waals surface area (Å²) in [7, 11) is 0. The van der Waals surface area contributed by atoms with Crippen LogP contribution in [0.25, 0.3) is 6.08 Å². The van der Waals surface area contributed by atoms with Crippen LogP contribution in [0.2, 0.25) is 5.02 Å². The number of nitrogens with zero attached hydrogens (tertiary/aromatic N) is 1. The van der Waals surface area contributed by atoms with Gasteiger partial charge in [-0.1, -0.05) is 49.2 Å². The highest BCUT2D eigenvalue weighted by molar-refractivity contribution is 6.31. The molecule has 2 unspecified atom stereocenters. The maximum Gasteiger partial charge on any atom is 0.268 e. The number of pyridine rings is 1. The lowest BCUT2D eigenvalue weighted by atomic mass is 9.91. The molecule has 1 fully saturated rings. The monoisotopic (exact) mass is 464 g/mol. The zero-order valence-corrected chi connectivity index (χ0v) is 20.3. The normalized spacial score (nSPS) is 20.7. The van der Waals surface area contributed by atoms with Crippen molar-refractivity contribution in [2.75, 3.05) is 0 Å². The van der Waals surface area contributed by atoms with Crippen molar-refractivity contribution < 1.29 is 9.79 Å². The molecule has 0 saturated heterocycles. The lowest BCUT2D eigenvalue weighted by Crippen LogP contribution is -2.80. The Labute approximate surface area is 201 Å². The lowest BCUT2D eigenvalue weighted by molar-refractivity contribution is -0.452. The predicted molar refractivity (Wildman–Crippen MR) is 133 cm³/mol. The Bertz CT molecular complexity index is 1120. The zero-order chi connectivity index (χ0) is 23.0. The van der Waals surface area contributed by atoms with Gasteiger partial charge in [0.1, 0.15) is 17.7 Å². The molecule has 1 aliphatic heterocycles. The second-order valence-electron chi connectivity index (χ2n) is 9.25. The molecule has 5 heteroatoms. The van der Waals surface area contributed by atoms with Crippen molar-refractivity contribution in [3.63, 3.8) is 0 Å². The van der Waals surface area contributed by atoms with Crippen molar-refractivity contribution in [3.05, 3.63) is 75.3 Å². The van der Waals surface area contributed by atoms with E-state index in [0.29, 0.717) is 18.2 Å². The van der Waals surface area contributed by atoms with Crippen LogP contribution < -0.4 is 20.9 Å². The highest BCUT2D eigenvalue weighted by Gasteiger charge is 2.25. The number of allylic oxidation sites excluding steroid dienone is 1. The summed E-state index contributed by atoms with van der Waals surface area (Å²) in [6.07, 6.45) is 15.4. The van der Waals surface area contributed by atoms with Gasteiger partial charge in [0.25, 0.3) is 5.82 Å². The average Bonchev–Trinajstić information content (AvgIpc) is 3.06. The van der Waals surface area contributed by atoms with Gasteiger partial charge in [0.05, 0.1) is 5.69 Å². The molecule has 4 rings (SSSR count). The van der Waals surface area contributed by atoms with E-state index in [1.165, 1.54) is 10.9 Å². The first kappa shape index (κ1) is 23.7. The minimum atomic E-state index is 0.242. The number of Topliss-reactive ketones (excluding diaryl/α,β-unsaturated/α-hetero) is 1. The highest BCUT2D eigenvalue weighted by atomic mass is 35.5. The largest absolute Gasteiger partial charge is 0.299 e. The Morgan fingerprint density at radius 2 is 1.97 bits per heavy atom. The molecule has 1 aliphatic carbocycles. The Kier molecular flexibility index (Phi) is 8.33. The van der Waals surface area contributed by atoms with E-state index < -0.39 is 0 Å². The number of nitrogens with one attached hydrogen (secondary N) is 2. The first-order valence-corrected chi connectivity index (χ1v) is 12.8. The Morgan fingerprint density at radius 1 is 1.12 bits per heavy atom. The van der Waals surface area contributed by atoms with Gasteiger partial charge in [0.15, 0.2) is 0 Å². The number of ketones is 1. The molecule has 4 nitrogen and oxygen atoms in total. The third kappa shape index (κ3) is 6.11. The summed E-state index contributed by atoms with van der Waals surface area (Å²) in [5, 5.41) is 6.62. The molecule has 33 heavy (non-hydrogen) atoms. The minimum Gasteiger partial charge on any atom is -0.299 e. The topological polar surface area (TPSA) is 56.0 Å². The number of benzene rings is 1. The summed E-state index contributed by atoms with van der Waals surface area (Å²) in [5.74, 6) is 2.13. The zero-order valence-electron chi connectivity index (χ0n) is 19.6. The second-order valence-corrected chi connectivity index (χ2v) is 9.65. The van der Waals surface area contributed by atoms with Crippen molar-refractivity contribution in [1.82, 2.24) is 10.3 Å². The smallest absolute Gasteiger partial charge is 0.268 e. The summed E-state index contributed by atoms with van der Waals surface area (Å²) in [6.45, 7) is 2.77. The van der Waals surface area contributed by atoms with Crippen molar-refractivity contribution in [1.29, 1.82) is 0 Å². The van der Waals surface area contributed by atoms with Gasteiger partial charge < -0.3 is 0 Å². The summed E-state index contributed by atoms with van der Waals surface area (Å²) >= 11 is 6.33. The molecule has 2 heterocycles. The van der Waals surface area contributed by atoms with E-state index in [1.807, 2.05) is 30.5 Å². The summed E-state index contributed by atoms with van der Waals surface area (Å²) < 4.78 is 0. The van der Waals surface area contributed by atoms with Crippen LogP contribution >= 0.6 is 11.6 Å². The van der Waals surface area contributed by atoms with E-state index >= 15 is 0 Å². The van der Waals surface area contributed by atoms with Crippen molar-refractivity contribution in [2.45, 2.75) is 77.2 Å². The third-order valence-electron chi connectivity index (χ3n) is 6.89. The summed E-state index contributed by atoms with van der Waals surface area (Å²) in [4.78, 5) is 20.9. The molecule has 1 aromatic heterocycles. The second kappa shape index (κ2) is 11.6. The van der Waals surface area contributed by atoms with Crippen LogP contribution in [-0.2, 0) is 11.3 Å². The molecule has 1 aromatic carbocycles. The fourth-order valence-electron chi connectivity index (χ4n) is 5.09. The molecule has 0 radical (unpaired) electrons. The molecule has 2 aromatic rings. The Balaban J connectivity index is 1.55. The van der Waals surface area contributed by atoms with Gasteiger partial charge in [0, 0.05) is 52.4 Å². The molecular weight excluding hydrogens is 430 g/mol. The van der Waals surface area contributed by atoms with E-state index in [4.69, 9.17) is 16.6 Å². The van der Waals surface area contributed by atoms with Crippen LogP contribution in [0.5, 0.6) is 0 Å². The van der Waals surface area contributed by atoms with E-state index in [9.17, 15) is 4.79 Å². The lowest BCUT2D eigenvalue weighted by Gasteiger charge is -2.15. The van der Waals surface area contributed by atoms with Gasteiger partial charge in [-0.15, -0.1) is 0 Å². The quantitative estimate of drug-likeness (QED) is 0.614. The molecule has 0 spiro atoms. The van der Waals surface area contributed by atoms with Crippen LogP contribution in [0, 0.1) is 5.92 Å². The fraction of sp³-hybridized carbons (Fsp3) is 0.464. The van der Waals surface area contributed by atoms with Crippen LogP contribution in [0.4, 0.5) is 0 Å². The molecule has 2 N–H and O–H groups in total. The van der Waals surface area contributed by atoms with E-state index in [1.54, 1.807) is 0 Å². The number of aromatic nitrogens is 1. The van der Waals surface area contributed by atoms with Crippen LogP contribution in [0.1, 0.15) is 81.9 Å². The van der Waals surface area contributed by atoms with Crippen molar-refractivity contribution in [2.24, 2.45) is 5.92 Å². The molecule has 0 bridgehead atoms. The first-order valence-electron chi connectivity index (χ1n) is 12.4. The molecule has 174 valence electrons. The number of rotatable bonds is 7. The fourth-order valence-corrected chi connectivity index (χ4v) is 5.29. The standard InChI is InChI=1S/C28H34ClN3O/c1-2-8-26(33)20-10-7-11-21(16-15-20)28-23-12-4-6-14-27(32-25(23)17-18-30-28)31-19-22-9-3-5-13-24(22)29/h3,5,9,12-14,17-18,20-21,31H,2,4,6-8,10-11,15-16,19H2,1H3/p+1. The number of halogens is 1. The van der Waals surface area contributed by atoms with E-state index in [0.717, 1.165) is 79.6 Å². The van der Waals surface area contributed by atoms with Crippen LogP contribution in [0.15, 0.2) is 48.4 Å². The third-order valence-corrected chi connectivity index (χ3v) is 7.26. The Hall–Kier alpha value is -2.46. The SMILES string of the molecule is CCCC(=O)C1CCCC(c2nccc3c2=CCCC=C(NCc2ccccc2Cl)[NH+]=3)CC1. The summed E-state index contributed by atoms with van der Waals surface area (Å²) in [5.41, 5.74) is 2.27. The number of hydrogen-bond donors (Lipinski definition) is 2. The Morgan fingerprint density at radius 3 is 2.82 bits per heavy atom. The van der Waals surface area contributed by atoms with Gasteiger partial charge in [-0.3, -0.25) is 15.1 Å². The van der Waals surface area contributed by atoms with Crippen molar-refractivity contribution in [3.8, 4) is 0 Å². The summed E-state index contributed by atoms with van der Waals surface area (Å²) in [6, 6.07) is 10.0. The molecule has 0 amide bonds. The van der Waals surface area contributed by atoms with Crippen LogP contribution in [0.3, 0.4) is 0 Å². The van der Waals surface area contributed by atoms with E-state index in [-0.39, 0.29) is 5.92 Å². The van der Waals surface area contributed by atoms with Gasteiger partial charge in [0.2, 0.25) is 0 Å². The van der Waals surface area contributed by atoms with Gasteiger partial charge >= 0.3 is 0 Å². The number of fused-ring (bicyclic) bond motifs is 1. The number of hydrogen-bond acceptors (Lipinski definition) is 3.